The van der Waals surface area contributed by atoms with Gasteiger partial charge in [-0.1, -0.05) is 13.8 Å². The van der Waals surface area contributed by atoms with E-state index in [2.05, 4.69) is 9.97 Å². The number of halogens is 3. The molecule has 0 N–H and O–H groups in total. The van der Waals surface area contributed by atoms with Crippen molar-refractivity contribution < 1.29 is 22.7 Å². The molecule has 0 unspecified atom stereocenters. The van der Waals surface area contributed by atoms with Crippen LogP contribution in [0.1, 0.15) is 63.4 Å². The summed E-state index contributed by atoms with van der Waals surface area (Å²) in [4.78, 5) is 18.3. The summed E-state index contributed by atoms with van der Waals surface area (Å²) in [6.45, 7) is 3.69. The molecule has 0 bridgehead atoms. The zero-order valence-electron chi connectivity index (χ0n) is 12.6. The van der Waals surface area contributed by atoms with Crippen molar-refractivity contribution in [1.82, 2.24) is 9.97 Å². The van der Waals surface area contributed by atoms with Crippen LogP contribution >= 0.6 is 0 Å². The highest BCUT2D eigenvalue weighted by Crippen LogP contribution is 2.31. The van der Waals surface area contributed by atoms with Crippen molar-refractivity contribution in [2.75, 3.05) is 0 Å². The first-order chi connectivity index (χ1) is 10.3. The first-order valence-electron chi connectivity index (χ1n) is 7.44. The number of hydrogen-bond donors (Lipinski definition) is 0. The maximum absolute atomic E-state index is 12.9. The Kier molecular flexibility index (Phi) is 5.03. The van der Waals surface area contributed by atoms with Gasteiger partial charge in [0.25, 0.3) is 0 Å². The molecule has 1 aliphatic rings. The van der Waals surface area contributed by atoms with E-state index in [0.717, 1.165) is 0 Å². The summed E-state index contributed by atoms with van der Waals surface area (Å²) in [5.74, 6) is -1.18. The van der Waals surface area contributed by atoms with Gasteiger partial charge in [-0.05, 0) is 25.2 Å². The average Bonchev–Trinajstić information content (AvgIpc) is 2.47. The van der Waals surface area contributed by atoms with E-state index in [1.165, 1.54) is 6.07 Å². The highest BCUT2D eigenvalue weighted by molar-refractivity contribution is 5.79. The Hall–Kier alpha value is -1.66. The van der Waals surface area contributed by atoms with Crippen LogP contribution in [0.5, 0.6) is 5.88 Å². The molecule has 1 fully saturated rings. The molecule has 0 saturated heterocycles. The molecule has 7 heteroatoms. The molecule has 1 aliphatic carbocycles. The molecule has 0 aromatic carbocycles. The van der Waals surface area contributed by atoms with E-state index in [-0.39, 0.29) is 23.7 Å². The fourth-order valence-electron chi connectivity index (χ4n) is 2.29. The largest absolute Gasteiger partial charge is 0.474 e. The van der Waals surface area contributed by atoms with Gasteiger partial charge in [0.2, 0.25) is 11.7 Å². The lowest BCUT2D eigenvalue weighted by molar-refractivity contribution is -0.145. The standard InChI is InChI=1S/C15H19F3N2O2/c1-3-9(2)12-8-13(20-14(19-12)15(16,17)18)22-11-6-4-10(21)5-7-11/h8-9,11H,3-7H2,1-2H3/t9-/m1/s1. The molecule has 0 radical (unpaired) electrons. The summed E-state index contributed by atoms with van der Waals surface area (Å²) < 4.78 is 44.3. The van der Waals surface area contributed by atoms with Crippen LogP contribution in [0.25, 0.3) is 0 Å². The number of carbonyl (C=O) groups is 1. The second kappa shape index (κ2) is 6.62. The SMILES string of the molecule is CC[C@@H](C)c1cc(OC2CCC(=O)CC2)nc(C(F)(F)F)n1. The number of rotatable bonds is 4. The summed E-state index contributed by atoms with van der Waals surface area (Å²) in [6.07, 6.45) is -2.36. The molecule has 4 nitrogen and oxygen atoms in total. The van der Waals surface area contributed by atoms with E-state index in [1.54, 1.807) is 0 Å². The minimum Gasteiger partial charge on any atom is -0.474 e. The first kappa shape index (κ1) is 16.7. The summed E-state index contributed by atoms with van der Waals surface area (Å²) >= 11 is 0. The van der Waals surface area contributed by atoms with Gasteiger partial charge in [-0.25, -0.2) is 4.98 Å². The van der Waals surface area contributed by atoms with Gasteiger partial charge in [0.15, 0.2) is 0 Å². The number of ether oxygens (including phenoxy) is 1. The highest BCUT2D eigenvalue weighted by atomic mass is 19.4. The third kappa shape index (κ3) is 4.18. The monoisotopic (exact) mass is 316 g/mol. The molecule has 1 saturated carbocycles. The number of carbonyl (C=O) groups excluding carboxylic acids is 1. The molecule has 0 aliphatic heterocycles. The van der Waals surface area contributed by atoms with Crippen molar-refractivity contribution in [3.8, 4) is 5.88 Å². The Morgan fingerprint density at radius 1 is 1.32 bits per heavy atom. The van der Waals surface area contributed by atoms with Crippen LogP contribution < -0.4 is 4.74 Å². The molecule has 2 rings (SSSR count). The Morgan fingerprint density at radius 2 is 1.95 bits per heavy atom. The zero-order chi connectivity index (χ0) is 16.3. The Morgan fingerprint density at radius 3 is 2.50 bits per heavy atom. The van der Waals surface area contributed by atoms with Crippen LogP contribution in [-0.4, -0.2) is 21.9 Å². The van der Waals surface area contributed by atoms with Crippen molar-refractivity contribution in [3.63, 3.8) is 0 Å². The predicted octanol–water partition coefficient (Wildman–Crippen LogP) is 3.90. The normalized spacial score (nSPS) is 18.3. The van der Waals surface area contributed by atoms with Gasteiger partial charge >= 0.3 is 6.18 Å². The summed E-state index contributed by atoms with van der Waals surface area (Å²) in [7, 11) is 0. The molecule has 1 atom stereocenters. The van der Waals surface area contributed by atoms with Crippen LogP contribution in [0.2, 0.25) is 0 Å². The van der Waals surface area contributed by atoms with E-state index in [9.17, 15) is 18.0 Å². The minimum absolute atomic E-state index is 0.0584. The fraction of sp³-hybridized carbons (Fsp3) is 0.667. The van der Waals surface area contributed by atoms with Gasteiger partial charge in [0.05, 0.1) is 5.69 Å². The maximum Gasteiger partial charge on any atom is 0.451 e. The number of aromatic nitrogens is 2. The number of Topliss-reactive ketones (excluding diaryl/α,β-unsaturated/α-hetero) is 1. The molecular formula is C15H19F3N2O2. The second-order valence-electron chi connectivity index (χ2n) is 5.62. The van der Waals surface area contributed by atoms with E-state index in [4.69, 9.17) is 4.74 Å². The number of nitrogens with zero attached hydrogens (tertiary/aromatic N) is 2. The Bertz CT molecular complexity index is 536. The van der Waals surface area contributed by atoms with Crippen molar-refractivity contribution >= 4 is 5.78 Å². The summed E-state index contributed by atoms with van der Waals surface area (Å²) in [5, 5.41) is 0. The first-order valence-corrected chi connectivity index (χ1v) is 7.44. The molecule has 1 heterocycles. The lowest BCUT2D eigenvalue weighted by Gasteiger charge is -2.22. The lowest BCUT2D eigenvalue weighted by atomic mass is 9.96. The van der Waals surface area contributed by atoms with E-state index >= 15 is 0 Å². The lowest BCUT2D eigenvalue weighted by Crippen LogP contribution is -2.25. The van der Waals surface area contributed by atoms with Crippen molar-refractivity contribution in [2.24, 2.45) is 0 Å². The van der Waals surface area contributed by atoms with Crippen LogP contribution in [0.15, 0.2) is 6.07 Å². The van der Waals surface area contributed by atoms with Gasteiger partial charge in [0, 0.05) is 18.9 Å². The van der Waals surface area contributed by atoms with E-state index < -0.39 is 12.0 Å². The number of ketones is 1. The predicted molar refractivity (Wildman–Crippen MR) is 73.6 cm³/mol. The average molecular weight is 316 g/mol. The van der Waals surface area contributed by atoms with Crippen LogP contribution in [-0.2, 0) is 11.0 Å². The van der Waals surface area contributed by atoms with Crippen molar-refractivity contribution in [1.29, 1.82) is 0 Å². The van der Waals surface area contributed by atoms with Gasteiger partial charge in [-0.3, -0.25) is 4.79 Å². The summed E-state index contributed by atoms with van der Waals surface area (Å²) in [5.41, 5.74) is 0.326. The highest BCUT2D eigenvalue weighted by Gasteiger charge is 2.36. The van der Waals surface area contributed by atoms with Crippen LogP contribution in [0, 0.1) is 0 Å². The molecule has 1 aromatic rings. The van der Waals surface area contributed by atoms with E-state index in [1.807, 2.05) is 13.8 Å². The molecule has 1 aromatic heterocycles. The van der Waals surface area contributed by atoms with Gasteiger partial charge < -0.3 is 4.74 Å². The molecule has 22 heavy (non-hydrogen) atoms. The van der Waals surface area contributed by atoms with Gasteiger partial charge in [-0.2, -0.15) is 18.2 Å². The zero-order valence-corrected chi connectivity index (χ0v) is 12.6. The minimum atomic E-state index is -4.61. The number of hydrogen-bond acceptors (Lipinski definition) is 4. The van der Waals surface area contributed by atoms with Crippen molar-refractivity contribution in [3.05, 3.63) is 17.6 Å². The van der Waals surface area contributed by atoms with Gasteiger partial charge in [-0.15, -0.1) is 0 Å². The fourth-order valence-corrected chi connectivity index (χ4v) is 2.29. The topological polar surface area (TPSA) is 52.1 Å². The van der Waals surface area contributed by atoms with Crippen molar-refractivity contribution in [2.45, 2.75) is 64.1 Å². The third-order valence-electron chi connectivity index (χ3n) is 3.87. The third-order valence-corrected chi connectivity index (χ3v) is 3.87. The molecule has 0 spiro atoms. The molecule has 122 valence electrons. The molecular weight excluding hydrogens is 297 g/mol. The second-order valence-corrected chi connectivity index (χ2v) is 5.62. The quantitative estimate of drug-likeness (QED) is 0.845. The Labute approximate surface area is 127 Å². The molecule has 0 amide bonds. The Balaban J connectivity index is 2.23. The van der Waals surface area contributed by atoms with Crippen LogP contribution in [0.4, 0.5) is 13.2 Å². The smallest absolute Gasteiger partial charge is 0.451 e. The van der Waals surface area contributed by atoms with Crippen LogP contribution in [0.3, 0.4) is 0 Å². The van der Waals surface area contributed by atoms with E-state index in [0.29, 0.717) is 37.8 Å². The maximum atomic E-state index is 12.9. The number of alkyl halides is 3. The van der Waals surface area contributed by atoms with Gasteiger partial charge in [0.1, 0.15) is 11.9 Å². The summed E-state index contributed by atoms with van der Waals surface area (Å²) in [6, 6.07) is 1.47.